The van der Waals surface area contributed by atoms with Crippen LogP contribution in [0.4, 0.5) is 4.39 Å². The van der Waals surface area contributed by atoms with Crippen LogP contribution in [0.25, 0.3) is 0 Å². The summed E-state index contributed by atoms with van der Waals surface area (Å²) < 4.78 is 19.0. The molecule has 0 saturated carbocycles. The second-order valence-corrected chi connectivity index (χ2v) is 4.65. The van der Waals surface area contributed by atoms with Gasteiger partial charge in [-0.1, -0.05) is 12.1 Å². The largest absolute Gasteiger partial charge is 0.484 e. The van der Waals surface area contributed by atoms with Crippen molar-refractivity contribution in [3.8, 4) is 5.75 Å². The van der Waals surface area contributed by atoms with E-state index in [1.54, 1.807) is 30.5 Å². The van der Waals surface area contributed by atoms with E-state index in [1.807, 2.05) is 5.43 Å². The second kappa shape index (κ2) is 5.77. The molecule has 2 aromatic rings. The first-order valence-electron chi connectivity index (χ1n) is 5.45. The molecule has 0 saturated heterocycles. The molecule has 19 heavy (non-hydrogen) atoms. The molecule has 5 nitrogen and oxygen atoms in total. The minimum Gasteiger partial charge on any atom is -0.484 e. The highest BCUT2D eigenvalue weighted by atomic mass is 32.1. The number of hydrogen-bond acceptors (Lipinski definition) is 5. The molecular formula is C12H12FN3O2S. The Morgan fingerprint density at radius 1 is 1.58 bits per heavy atom. The third kappa shape index (κ3) is 3.07. The molecule has 0 radical (unpaired) electrons. The summed E-state index contributed by atoms with van der Waals surface area (Å²) in [5.74, 6) is 4.31. The summed E-state index contributed by atoms with van der Waals surface area (Å²) in [6.07, 6.45) is 0. The number of halogens is 1. The van der Waals surface area contributed by atoms with Crippen LogP contribution in [0.1, 0.15) is 21.1 Å². The van der Waals surface area contributed by atoms with Crippen LogP contribution in [0.5, 0.6) is 5.75 Å². The molecule has 0 fully saturated rings. The Kier molecular flexibility index (Phi) is 4.08. The van der Waals surface area contributed by atoms with Crippen LogP contribution in [-0.2, 0) is 6.61 Å². The zero-order valence-corrected chi connectivity index (χ0v) is 11.0. The van der Waals surface area contributed by atoms with Gasteiger partial charge in [-0.25, -0.2) is 15.2 Å². The number of carbonyl (C=O) groups excluding carboxylic acids is 1. The van der Waals surface area contributed by atoms with Crippen molar-refractivity contribution in [1.29, 1.82) is 0 Å². The fraction of sp³-hybridized carbons (Fsp3) is 0.167. The summed E-state index contributed by atoms with van der Waals surface area (Å²) in [6.45, 7) is 1.75. The SMILES string of the molecule is Cc1cccc(OCc2csc(C(=O)NN)n2)c1F. The Morgan fingerprint density at radius 3 is 3.11 bits per heavy atom. The van der Waals surface area contributed by atoms with Crippen molar-refractivity contribution in [2.75, 3.05) is 0 Å². The van der Waals surface area contributed by atoms with Gasteiger partial charge in [-0.2, -0.15) is 0 Å². The van der Waals surface area contributed by atoms with Crippen LogP contribution in [0.15, 0.2) is 23.6 Å². The number of aromatic nitrogens is 1. The van der Waals surface area contributed by atoms with Gasteiger partial charge in [0.2, 0.25) is 0 Å². The van der Waals surface area contributed by atoms with E-state index in [2.05, 4.69) is 4.98 Å². The monoisotopic (exact) mass is 281 g/mol. The van der Waals surface area contributed by atoms with Crippen molar-refractivity contribution in [3.05, 3.63) is 45.7 Å². The summed E-state index contributed by atoms with van der Waals surface area (Å²) in [7, 11) is 0. The number of benzene rings is 1. The molecule has 0 atom stereocenters. The molecule has 3 N–H and O–H groups in total. The van der Waals surface area contributed by atoms with E-state index in [-0.39, 0.29) is 17.4 Å². The van der Waals surface area contributed by atoms with Crippen LogP contribution in [0.2, 0.25) is 0 Å². The standard InChI is InChI=1S/C12H12FN3O2S/c1-7-3-2-4-9(10(7)13)18-5-8-6-19-12(15-8)11(17)16-14/h2-4,6H,5,14H2,1H3,(H,16,17). The van der Waals surface area contributed by atoms with Crippen molar-refractivity contribution in [2.24, 2.45) is 5.84 Å². The Hall–Kier alpha value is -1.99. The molecule has 0 aliphatic rings. The van der Waals surface area contributed by atoms with Gasteiger partial charge in [-0.05, 0) is 18.6 Å². The molecule has 0 unspecified atom stereocenters. The molecule has 0 aliphatic heterocycles. The quantitative estimate of drug-likeness (QED) is 0.508. The summed E-state index contributed by atoms with van der Waals surface area (Å²) in [6, 6.07) is 4.92. The van der Waals surface area contributed by atoms with Crippen molar-refractivity contribution in [3.63, 3.8) is 0 Å². The topological polar surface area (TPSA) is 77.2 Å². The molecule has 2 rings (SSSR count). The lowest BCUT2D eigenvalue weighted by Gasteiger charge is -2.06. The average molecular weight is 281 g/mol. The second-order valence-electron chi connectivity index (χ2n) is 3.79. The lowest BCUT2D eigenvalue weighted by molar-refractivity contribution is 0.0953. The predicted molar refractivity (Wildman–Crippen MR) is 69.2 cm³/mol. The van der Waals surface area contributed by atoms with E-state index >= 15 is 0 Å². The zero-order valence-electron chi connectivity index (χ0n) is 10.1. The third-order valence-corrected chi connectivity index (χ3v) is 3.30. The highest BCUT2D eigenvalue weighted by Gasteiger charge is 2.11. The van der Waals surface area contributed by atoms with Crippen LogP contribution < -0.4 is 16.0 Å². The highest BCUT2D eigenvalue weighted by molar-refractivity contribution is 7.11. The first kappa shape index (κ1) is 13.4. The first-order valence-corrected chi connectivity index (χ1v) is 6.33. The number of nitrogens with two attached hydrogens (primary N) is 1. The summed E-state index contributed by atoms with van der Waals surface area (Å²) in [5.41, 5.74) is 3.05. The average Bonchev–Trinajstić information content (AvgIpc) is 2.88. The lowest BCUT2D eigenvalue weighted by Crippen LogP contribution is -2.29. The van der Waals surface area contributed by atoms with Crippen LogP contribution in [0, 0.1) is 12.7 Å². The Balaban J connectivity index is 2.04. The van der Waals surface area contributed by atoms with E-state index in [4.69, 9.17) is 10.6 Å². The first-order chi connectivity index (χ1) is 9.11. The van der Waals surface area contributed by atoms with Crippen LogP contribution >= 0.6 is 11.3 Å². The number of amides is 1. The number of nitrogens with one attached hydrogen (secondary N) is 1. The molecule has 1 aromatic carbocycles. The van der Waals surface area contributed by atoms with Crippen molar-refractivity contribution >= 4 is 17.2 Å². The third-order valence-electron chi connectivity index (χ3n) is 2.41. The van der Waals surface area contributed by atoms with E-state index in [0.29, 0.717) is 11.3 Å². The molecule has 1 amide bonds. The van der Waals surface area contributed by atoms with Gasteiger partial charge >= 0.3 is 0 Å². The highest BCUT2D eigenvalue weighted by Crippen LogP contribution is 2.21. The molecule has 0 spiro atoms. The molecule has 1 aromatic heterocycles. The van der Waals surface area contributed by atoms with Gasteiger partial charge in [0.1, 0.15) is 6.61 Å². The summed E-state index contributed by atoms with van der Waals surface area (Å²) >= 11 is 1.15. The number of hydrazine groups is 1. The molecule has 0 aliphatic carbocycles. The van der Waals surface area contributed by atoms with Gasteiger partial charge in [-0.15, -0.1) is 11.3 Å². The van der Waals surface area contributed by atoms with Crippen molar-refractivity contribution in [1.82, 2.24) is 10.4 Å². The molecule has 1 heterocycles. The number of rotatable bonds is 4. The number of carbonyl (C=O) groups is 1. The molecule has 100 valence electrons. The van der Waals surface area contributed by atoms with Gasteiger partial charge in [0.05, 0.1) is 5.69 Å². The maximum absolute atomic E-state index is 13.7. The minimum atomic E-state index is -0.460. The Bertz CT molecular complexity index is 600. The summed E-state index contributed by atoms with van der Waals surface area (Å²) in [4.78, 5) is 15.2. The number of nitrogen functional groups attached to an aromatic ring is 1. The molecular weight excluding hydrogens is 269 g/mol. The van der Waals surface area contributed by atoms with E-state index in [0.717, 1.165) is 11.3 Å². The maximum Gasteiger partial charge on any atom is 0.294 e. The van der Waals surface area contributed by atoms with E-state index in [9.17, 15) is 9.18 Å². The number of nitrogens with zero attached hydrogens (tertiary/aromatic N) is 1. The number of ether oxygens (including phenoxy) is 1. The lowest BCUT2D eigenvalue weighted by atomic mass is 10.2. The Labute approximate surface area is 113 Å². The fourth-order valence-electron chi connectivity index (χ4n) is 1.42. The van der Waals surface area contributed by atoms with Gasteiger partial charge in [0.15, 0.2) is 16.6 Å². The van der Waals surface area contributed by atoms with Crippen LogP contribution in [-0.4, -0.2) is 10.9 Å². The molecule has 0 bridgehead atoms. The fourth-order valence-corrected chi connectivity index (χ4v) is 2.13. The minimum absolute atomic E-state index is 0.0920. The number of aryl methyl sites for hydroxylation is 1. The molecule has 7 heteroatoms. The van der Waals surface area contributed by atoms with Crippen LogP contribution in [0.3, 0.4) is 0 Å². The predicted octanol–water partition coefficient (Wildman–Crippen LogP) is 1.77. The number of hydrogen-bond donors (Lipinski definition) is 2. The van der Waals surface area contributed by atoms with Gasteiger partial charge in [0, 0.05) is 5.38 Å². The van der Waals surface area contributed by atoms with Gasteiger partial charge in [0.25, 0.3) is 5.91 Å². The van der Waals surface area contributed by atoms with Gasteiger partial charge < -0.3 is 4.74 Å². The normalized spacial score (nSPS) is 10.3. The van der Waals surface area contributed by atoms with Crippen molar-refractivity contribution < 1.29 is 13.9 Å². The van der Waals surface area contributed by atoms with E-state index < -0.39 is 11.7 Å². The smallest absolute Gasteiger partial charge is 0.294 e. The number of thiazole rings is 1. The summed E-state index contributed by atoms with van der Waals surface area (Å²) in [5, 5.41) is 1.91. The maximum atomic E-state index is 13.7. The Morgan fingerprint density at radius 2 is 2.37 bits per heavy atom. The van der Waals surface area contributed by atoms with Gasteiger partial charge in [-0.3, -0.25) is 10.2 Å². The van der Waals surface area contributed by atoms with Crippen molar-refractivity contribution in [2.45, 2.75) is 13.5 Å². The van der Waals surface area contributed by atoms with E-state index in [1.165, 1.54) is 0 Å². The zero-order chi connectivity index (χ0) is 13.8.